The van der Waals surface area contributed by atoms with Crippen LogP contribution in [-0.2, 0) is 6.54 Å². The molecule has 2 aromatic carbocycles. The van der Waals surface area contributed by atoms with Gasteiger partial charge in [0.15, 0.2) is 0 Å². The summed E-state index contributed by atoms with van der Waals surface area (Å²) in [6.07, 6.45) is 0. The smallest absolute Gasteiger partial charge is 0.309 e. The third-order valence-corrected chi connectivity index (χ3v) is 4.10. The van der Waals surface area contributed by atoms with Gasteiger partial charge in [-0.05, 0) is 19.1 Å². The van der Waals surface area contributed by atoms with Gasteiger partial charge in [-0.3, -0.25) is 4.79 Å². The summed E-state index contributed by atoms with van der Waals surface area (Å²) >= 11 is 0. The number of hydrogen-bond acceptors (Lipinski definition) is 6. The van der Waals surface area contributed by atoms with E-state index >= 15 is 0 Å². The van der Waals surface area contributed by atoms with E-state index in [-0.39, 0.29) is 12.4 Å². The summed E-state index contributed by atoms with van der Waals surface area (Å²) in [5.74, 6) is 0.394. The molecule has 2 heterocycles. The molecule has 0 atom stereocenters. The van der Waals surface area contributed by atoms with Crippen molar-refractivity contribution in [1.29, 1.82) is 0 Å². The number of nitrogens with one attached hydrogen (secondary N) is 1. The number of aromatic nitrogens is 3. The van der Waals surface area contributed by atoms with Crippen LogP contribution in [0, 0.1) is 6.92 Å². The minimum Gasteiger partial charge on any atom is -0.412 e. The van der Waals surface area contributed by atoms with E-state index in [1.807, 2.05) is 60.7 Å². The molecule has 7 heteroatoms. The zero-order chi connectivity index (χ0) is 18.6. The number of amides is 1. The van der Waals surface area contributed by atoms with Crippen LogP contribution >= 0.6 is 0 Å². The van der Waals surface area contributed by atoms with Crippen molar-refractivity contribution in [1.82, 2.24) is 20.7 Å². The highest BCUT2D eigenvalue weighted by Gasteiger charge is 2.19. The fraction of sp³-hybridized carbons (Fsp3) is 0.100. The van der Waals surface area contributed by atoms with Gasteiger partial charge >= 0.3 is 11.8 Å². The largest absolute Gasteiger partial charge is 0.412 e. The second-order valence-corrected chi connectivity index (χ2v) is 5.89. The molecule has 0 spiro atoms. The first-order valence-corrected chi connectivity index (χ1v) is 8.40. The van der Waals surface area contributed by atoms with Gasteiger partial charge in [-0.15, -0.1) is 10.2 Å². The van der Waals surface area contributed by atoms with Crippen molar-refractivity contribution in [2.24, 2.45) is 0 Å². The summed E-state index contributed by atoms with van der Waals surface area (Å²) in [5, 5.41) is 14.6. The Bertz CT molecular complexity index is 1060. The van der Waals surface area contributed by atoms with Crippen LogP contribution in [0.1, 0.15) is 22.0 Å². The molecule has 4 aromatic rings. The van der Waals surface area contributed by atoms with Gasteiger partial charge in [-0.1, -0.05) is 53.7 Å². The number of carbonyl (C=O) groups excluding carboxylic acids is 1. The normalized spacial score (nSPS) is 10.7. The Morgan fingerprint density at radius 2 is 1.63 bits per heavy atom. The molecule has 7 nitrogen and oxygen atoms in total. The number of carbonyl (C=O) groups is 1. The van der Waals surface area contributed by atoms with E-state index < -0.39 is 5.91 Å². The maximum Gasteiger partial charge on any atom is 0.309 e. The Kier molecular flexibility index (Phi) is 4.49. The lowest BCUT2D eigenvalue weighted by Gasteiger charge is -2.04. The van der Waals surface area contributed by atoms with E-state index in [9.17, 15) is 4.79 Å². The lowest BCUT2D eigenvalue weighted by molar-refractivity contribution is 0.0917. The van der Waals surface area contributed by atoms with Crippen molar-refractivity contribution in [2.75, 3.05) is 0 Å². The molecule has 1 amide bonds. The van der Waals surface area contributed by atoms with Gasteiger partial charge in [0.2, 0.25) is 5.89 Å². The van der Waals surface area contributed by atoms with E-state index in [1.165, 1.54) is 0 Å². The summed E-state index contributed by atoms with van der Waals surface area (Å²) < 4.78 is 10.8. The van der Waals surface area contributed by atoms with Crippen molar-refractivity contribution >= 4 is 5.91 Å². The Morgan fingerprint density at radius 3 is 2.33 bits per heavy atom. The highest BCUT2D eigenvalue weighted by molar-refractivity contribution is 5.89. The maximum absolute atomic E-state index is 12.4. The Labute approximate surface area is 155 Å². The number of rotatable bonds is 5. The first kappa shape index (κ1) is 16.7. The minimum atomic E-state index is -0.454. The quantitative estimate of drug-likeness (QED) is 0.584. The van der Waals surface area contributed by atoms with E-state index in [0.717, 1.165) is 16.7 Å². The van der Waals surface area contributed by atoms with Crippen molar-refractivity contribution in [2.45, 2.75) is 13.5 Å². The molecule has 4 rings (SSSR count). The van der Waals surface area contributed by atoms with Crippen LogP contribution in [0.25, 0.3) is 22.7 Å². The van der Waals surface area contributed by atoms with Gasteiger partial charge in [-0.25, -0.2) is 0 Å². The van der Waals surface area contributed by atoms with E-state index in [0.29, 0.717) is 17.3 Å². The van der Waals surface area contributed by atoms with Crippen molar-refractivity contribution in [3.63, 3.8) is 0 Å². The number of hydrogen-bond donors (Lipinski definition) is 1. The molecule has 0 aliphatic rings. The molecule has 0 bridgehead atoms. The molecule has 0 fully saturated rings. The maximum atomic E-state index is 12.4. The van der Waals surface area contributed by atoms with Crippen molar-refractivity contribution < 1.29 is 13.7 Å². The summed E-state index contributed by atoms with van der Waals surface area (Å²) in [5.41, 5.74) is 3.18. The van der Waals surface area contributed by atoms with Crippen LogP contribution in [-0.4, -0.2) is 21.3 Å². The lowest BCUT2D eigenvalue weighted by Crippen LogP contribution is -2.23. The lowest BCUT2D eigenvalue weighted by atomic mass is 10.1. The SMILES string of the molecule is Cc1onc(-c2ccccc2)c1CNC(=O)c1nnc(-c2ccccc2)o1. The van der Waals surface area contributed by atoms with Gasteiger partial charge in [-0.2, -0.15) is 0 Å². The molecule has 0 saturated carbocycles. The zero-order valence-corrected chi connectivity index (χ0v) is 14.5. The standard InChI is InChI=1S/C20H16N4O3/c1-13-16(17(24-27-13)14-8-4-2-5-9-14)12-21-18(25)20-23-22-19(26-20)15-10-6-3-7-11-15/h2-11H,12H2,1H3,(H,21,25). The molecule has 1 N–H and O–H groups in total. The minimum absolute atomic E-state index is 0.0933. The summed E-state index contributed by atoms with van der Waals surface area (Å²) in [4.78, 5) is 12.4. The Balaban J connectivity index is 1.49. The molecule has 0 saturated heterocycles. The average Bonchev–Trinajstić information content (AvgIpc) is 3.35. The fourth-order valence-corrected chi connectivity index (χ4v) is 2.68. The predicted molar refractivity (Wildman–Crippen MR) is 97.6 cm³/mol. The molecule has 0 unspecified atom stereocenters. The predicted octanol–water partition coefficient (Wildman–Crippen LogP) is 3.63. The molecule has 134 valence electrons. The van der Waals surface area contributed by atoms with E-state index in [1.54, 1.807) is 6.92 Å². The third kappa shape index (κ3) is 3.48. The van der Waals surface area contributed by atoms with Crippen molar-refractivity contribution in [3.8, 4) is 22.7 Å². The van der Waals surface area contributed by atoms with Crippen LogP contribution in [0.3, 0.4) is 0 Å². The second kappa shape index (κ2) is 7.25. The number of benzene rings is 2. The molecular formula is C20H16N4O3. The molecule has 2 aromatic heterocycles. The van der Waals surface area contributed by atoms with Gasteiger partial charge < -0.3 is 14.3 Å². The van der Waals surface area contributed by atoms with Crippen LogP contribution in [0.15, 0.2) is 69.6 Å². The highest BCUT2D eigenvalue weighted by atomic mass is 16.5. The van der Waals surface area contributed by atoms with Gasteiger partial charge in [0.25, 0.3) is 0 Å². The average molecular weight is 360 g/mol. The summed E-state index contributed by atoms with van der Waals surface area (Å²) in [6, 6.07) is 18.9. The van der Waals surface area contributed by atoms with Crippen LogP contribution in [0.5, 0.6) is 0 Å². The molecule has 0 aliphatic heterocycles. The number of nitrogens with zero attached hydrogens (tertiary/aromatic N) is 3. The topological polar surface area (TPSA) is 94.1 Å². The summed E-state index contributed by atoms with van der Waals surface area (Å²) in [7, 11) is 0. The van der Waals surface area contributed by atoms with Gasteiger partial charge in [0.1, 0.15) is 11.5 Å². The van der Waals surface area contributed by atoms with Crippen LogP contribution in [0.4, 0.5) is 0 Å². The first-order valence-electron chi connectivity index (χ1n) is 8.40. The monoisotopic (exact) mass is 360 g/mol. The Hall–Kier alpha value is -3.74. The third-order valence-electron chi connectivity index (χ3n) is 4.10. The zero-order valence-electron chi connectivity index (χ0n) is 14.5. The molecule has 27 heavy (non-hydrogen) atoms. The van der Waals surface area contributed by atoms with E-state index in [4.69, 9.17) is 8.94 Å². The molecular weight excluding hydrogens is 344 g/mol. The highest BCUT2D eigenvalue weighted by Crippen LogP contribution is 2.25. The van der Waals surface area contributed by atoms with Crippen molar-refractivity contribution in [3.05, 3.63) is 77.9 Å². The van der Waals surface area contributed by atoms with E-state index in [2.05, 4.69) is 20.7 Å². The second-order valence-electron chi connectivity index (χ2n) is 5.89. The van der Waals surface area contributed by atoms with Crippen LogP contribution in [0.2, 0.25) is 0 Å². The van der Waals surface area contributed by atoms with Gasteiger partial charge in [0, 0.05) is 23.2 Å². The van der Waals surface area contributed by atoms with Crippen LogP contribution < -0.4 is 5.32 Å². The fourth-order valence-electron chi connectivity index (χ4n) is 2.68. The molecule has 0 aliphatic carbocycles. The number of aryl methyl sites for hydroxylation is 1. The Morgan fingerprint density at radius 1 is 0.963 bits per heavy atom. The molecule has 0 radical (unpaired) electrons. The first-order chi connectivity index (χ1) is 13.2. The summed E-state index contributed by atoms with van der Waals surface area (Å²) in [6.45, 7) is 2.04. The van der Waals surface area contributed by atoms with Gasteiger partial charge in [0.05, 0.1) is 0 Å².